The highest BCUT2D eigenvalue weighted by atomic mass is 19.1. The van der Waals surface area contributed by atoms with Crippen LogP contribution in [0.25, 0.3) is 5.57 Å². The lowest BCUT2D eigenvalue weighted by molar-refractivity contribution is -0.147. The SMILES string of the molecule is CC1=C(CN2CC(C(=O)O)C2)CCc2cc(OC3CCCCC3)c(F)cc21. The Hall–Kier alpha value is -1.88. The number of carboxylic acid groups (broad SMARTS) is 1. The van der Waals surface area contributed by atoms with Crippen LogP contribution in [0.1, 0.15) is 56.6 Å². The summed E-state index contributed by atoms with van der Waals surface area (Å²) in [6.07, 6.45) is 7.61. The van der Waals surface area contributed by atoms with Gasteiger partial charge in [-0.25, -0.2) is 4.39 Å². The molecule has 2 fully saturated rings. The smallest absolute Gasteiger partial charge is 0.309 e. The maximum atomic E-state index is 14.7. The monoisotopic (exact) mass is 373 g/mol. The number of nitrogens with zero attached hydrogens (tertiary/aromatic N) is 1. The Morgan fingerprint density at radius 2 is 1.96 bits per heavy atom. The van der Waals surface area contributed by atoms with Gasteiger partial charge in [0.2, 0.25) is 0 Å². The second-order valence-corrected chi connectivity index (χ2v) is 8.28. The average Bonchev–Trinajstić information content (AvgIpc) is 2.61. The number of aryl methyl sites for hydroxylation is 1. The van der Waals surface area contributed by atoms with E-state index in [1.165, 1.54) is 24.8 Å². The van der Waals surface area contributed by atoms with Gasteiger partial charge >= 0.3 is 5.97 Å². The quantitative estimate of drug-likeness (QED) is 0.837. The van der Waals surface area contributed by atoms with Gasteiger partial charge in [-0.05, 0) is 74.3 Å². The number of hydrogen-bond acceptors (Lipinski definition) is 3. The van der Waals surface area contributed by atoms with Gasteiger partial charge in [-0.2, -0.15) is 0 Å². The van der Waals surface area contributed by atoms with Crippen molar-refractivity contribution in [1.29, 1.82) is 0 Å². The van der Waals surface area contributed by atoms with Gasteiger partial charge in [-0.1, -0.05) is 12.0 Å². The minimum atomic E-state index is -0.710. The van der Waals surface area contributed by atoms with Crippen LogP contribution in [-0.4, -0.2) is 41.7 Å². The molecule has 0 atom stereocenters. The lowest BCUT2D eigenvalue weighted by atomic mass is 9.85. The predicted molar refractivity (Wildman–Crippen MR) is 102 cm³/mol. The van der Waals surface area contributed by atoms with Gasteiger partial charge in [0.1, 0.15) is 0 Å². The van der Waals surface area contributed by atoms with E-state index in [0.717, 1.165) is 48.9 Å². The molecule has 1 saturated heterocycles. The predicted octanol–water partition coefficient (Wildman–Crippen LogP) is 4.27. The van der Waals surface area contributed by atoms with Crippen molar-refractivity contribution < 1.29 is 19.0 Å². The molecule has 0 amide bonds. The van der Waals surface area contributed by atoms with Crippen LogP contribution in [0.2, 0.25) is 0 Å². The summed E-state index contributed by atoms with van der Waals surface area (Å²) in [6, 6.07) is 3.54. The molecule has 1 aromatic carbocycles. The Labute approximate surface area is 160 Å². The summed E-state index contributed by atoms with van der Waals surface area (Å²) < 4.78 is 20.7. The molecular formula is C22H28FNO3. The van der Waals surface area contributed by atoms with Gasteiger partial charge in [0.15, 0.2) is 11.6 Å². The first-order chi connectivity index (χ1) is 13.0. The Morgan fingerprint density at radius 3 is 2.67 bits per heavy atom. The number of carboxylic acids is 1. The second-order valence-electron chi connectivity index (χ2n) is 8.28. The average molecular weight is 373 g/mol. The van der Waals surface area contributed by atoms with Crippen molar-refractivity contribution in [3.63, 3.8) is 0 Å². The number of halogens is 1. The molecule has 27 heavy (non-hydrogen) atoms. The van der Waals surface area contributed by atoms with Crippen LogP contribution in [0.15, 0.2) is 17.7 Å². The third-order valence-electron chi connectivity index (χ3n) is 6.35. The molecule has 146 valence electrons. The standard InChI is InChI=1S/C22H28FNO3/c1-14-16(11-24-12-17(13-24)22(25)26)8-7-15-9-21(20(23)10-19(14)15)27-18-5-3-2-4-6-18/h9-10,17-18H,2-8,11-13H2,1H3,(H,25,26). The van der Waals surface area contributed by atoms with Crippen LogP contribution in [0, 0.1) is 11.7 Å². The summed E-state index contributed by atoms with van der Waals surface area (Å²) in [5.74, 6) is -0.809. The number of aliphatic carboxylic acids is 1. The lowest BCUT2D eigenvalue weighted by Crippen LogP contribution is -2.50. The Kier molecular flexibility index (Phi) is 5.22. The van der Waals surface area contributed by atoms with Gasteiger partial charge in [0.25, 0.3) is 0 Å². The van der Waals surface area contributed by atoms with Crippen molar-refractivity contribution in [2.45, 2.75) is 58.0 Å². The van der Waals surface area contributed by atoms with Crippen LogP contribution in [-0.2, 0) is 11.2 Å². The summed E-state index contributed by atoms with van der Waals surface area (Å²) in [7, 11) is 0. The van der Waals surface area contributed by atoms with Gasteiger partial charge < -0.3 is 9.84 Å². The highest BCUT2D eigenvalue weighted by molar-refractivity contribution is 5.73. The molecule has 1 N–H and O–H groups in total. The Morgan fingerprint density at radius 1 is 1.22 bits per heavy atom. The Bertz CT molecular complexity index is 761. The number of benzene rings is 1. The molecule has 3 aliphatic rings. The molecule has 0 spiro atoms. The van der Waals surface area contributed by atoms with Crippen molar-refractivity contribution in [1.82, 2.24) is 4.90 Å². The molecule has 0 unspecified atom stereocenters. The Balaban J connectivity index is 1.47. The van der Waals surface area contributed by atoms with Crippen molar-refractivity contribution in [3.05, 3.63) is 34.6 Å². The van der Waals surface area contributed by atoms with Crippen LogP contribution in [0.3, 0.4) is 0 Å². The maximum absolute atomic E-state index is 14.7. The normalized spacial score (nSPS) is 21.7. The fourth-order valence-electron chi connectivity index (χ4n) is 4.59. The van der Waals surface area contributed by atoms with E-state index >= 15 is 0 Å². The fourth-order valence-corrected chi connectivity index (χ4v) is 4.59. The summed E-state index contributed by atoms with van der Waals surface area (Å²) in [6.45, 7) is 4.07. The number of hydrogen-bond donors (Lipinski definition) is 1. The molecule has 1 saturated carbocycles. The number of carbonyl (C=O) groups is 1. The number of likely N-dealkylation sites (tertiary alicyclic amines) is 1. The molecule has 0 radical (unpaired) electrons. The molecule has 5 heteroatoms. The van der Waals surface area contributed by atoms with Crippen molar-refractivity contribution >= 4 is 11.5 Å². The fraction of sp³-hybridized carbons (Fsp3) is 0.591. The topological polar surface area (TPSA) is 49.8 Å². The van der Waals surface area contributed by atoms with E-state index in [1.807, 2.05) is 6.07 Å². The summed E-state index contributed by atoms with van der Waals surface area (Å²) in [5, 5.41) is 9.02. The zero-order valence-electron chi connectivity index (χ0n) is 16.0. The zero-order valence-corrected chi connectivity index (χ0v) is 16.0. The van der Waals surface area contributed by atoms with Crippen LogP contribution in [0.5, 0.6) is 5.75 Å². The second kappa shape index (κ2) is 7.63. The first-order valence-corrected chi connectivity index (χ1v) is 10.1. The first-order valence-electron chi connectivity index (χ1n) is 10.1. The van der Waals surface area contributed by atoms with E-state index in [0.29, 0.717) is 18.8 Å². The molecule has 0 bridgehead atoms. The van der Waals surface area contributed by atoms with Gasteiger partial charge in [-0.3, -0.25) is 9.69 Å². The van der Waals surface area contributed by atoms with Gasteiger partial charge in [0.05, 0.1) is 12.0 Å². The van der Waals surface area contributed by atoms with Gasteiger partial charge in [0, 0.05) is 19.6 Å². The first kappa shape index (κ1) is 18.5. The molecule has 4 nitrogen and oxygen atoms in total. The number of allylic oxidation sites excluding steroid dienone is 1. The van der Waals surface area contributed by atoms with E-state index in [2.05, 4.69) is 11.8 Å². The molecule has 0 aromatic heterocycles. The molecule has 1 aliphatic heterocycles. The molecule has 1 heterocycles. The maximum Gasteiger partial charge on any atom is 0.309 e. The van der Waals surface area contributed by atoms with Gasteiger partial charge in [-0.15, -0.1) is 0 Å². The molecule has 1 aromatic rings. The minimum absolute atomic E-state index is 0.149. The minimum Gasteiger partial charge on any atom is -0.487 e. The van der Waals surface area contributed by atoms with E-state index in [1.54, 1.807) is 6.07 Å². The molecular weight excluding hydrogens is 345 g/mol. The largest absolute Gasteiger partial charge is 0.487 e. The lowest BCUT2D eigenvalue weighted by Gasteiger charge is -2.38. The summed E-state index contributed by atoms with van der Waals surface area (Å²) in [4.78, 5) is 13.1. The zero-order chi connectivity index (χ0) is 19.0. The van der Waals surface area contributed by atoms with Crippen molar-refractivity contribution in [2.24, 2.45) is 5.92 Å². The van der Waals surface area contributed by atoms with Crippen molar-refractivity contribution in [2.75, 3.05) is 19.6 Å². The van der Waals surface area contributed by atoms with Crippen molar-refractivity contribution in [3.8, 4) is 5.75 Å². The summed E-state index contributed by atoms with van der Waals surface area (Å²) >= 11 is 0. The highest BCUT2D eigenvalue weighted by Gasteiger charge is 2.33. The summed E-state index contributed by atoms with van der Waals surface area (Å²) in [5.41, 5.74) is 4.58. The third kappa shape index (κ3) is 3.88. The number of ether oxygens (including phenoxy) is 1. The van der Waals surface area contributed by atoms with E-state index in [4.69, 9.17) is 9.84 Å². The van der Waals surface area contributed by atoms with Crippen LogP contribution < -0.4 is 4.74 Å². The molecule has 2 aliphatic carbocycles. The highest BCUT2D eigenvalue weighted by Crippen LogP contribution is 2.36. The van der Waals surface area contributed by atoms with Crippen LogP contribution >= 0.6 is 0 Å². The van der Waals surface area contributed by atoms with E-state index in [-0.39, 0.29) is 17.8 Å². The molecule has 4 rings (SSSR count). The van der Waals surface area contributed by atoms with Crippen LogP contribution in [0.4, 0.5) is 4.39 Å². The third-order valence-corrected chi connectivity index (χ3v) is 6.35. The number of rotatable bonds is 5. The number of fused-ring (bicyclic) bond motifs is 1. The van der Waals surface area contributed by atoms with E-state index in [9.17, 15) is 9.18 Å². The van der Waals surface area contributed by atoms with E-state index < -0.39 is 5.97 Å².